The Balaban J connectivity index is 1.96. The second kappa shape index (κ2) is 5.10. The molecule has 0 fully saturated rings. The van der Waals surface area contributed by atoms with E-state index in [-0.39, 0.29) is 6.04 Å². The Labute approximate surface area is 119 Å². The molecule has 0 saturated carbocycles. The molecule has 0 amide bonds. The Morgan fingerprint density at radius 1 is 1.10 bits per heavy atom. The van der Waals surface area contributed by atoms with Crippen LogP contribution >= 0.6 is 0 Å². The average Bonchev–Trinajstić information content (AvgIpc) is 2.78. The Kier molecular flexibility index (Phi) is 3.28. The van der Waals surface area contributed by atoms with Crippen LogP contribution in [0.1, 0.15) is 23.0 Å². The Morgan fingerprint density at radius 2 is 1.85 bits per heavy atom. The third-order valence-corrected chi connectivity index (χ3v) is 3.82. The molecule has 0 spiro atoms. The molecule has 0 aliphatic heterocycles. The molecule has 0 aliphatic carbocycles. The number of hydrogen-bond acceptors (Lipinski definition) is 2. The SMILES string of the molecule is Cc1cccc2nc(CC(N)c3ccccc3)n(C)c12. The first kappa shape index (κ1) is 12.9. The number of aromatic nitrogens is 2. The first-order chi connectivity index (χ1) is 9.66. The molecule has 0 aliphatic rings. The fourth-order valence-corrected chi connectivity index (χ4v) is 2.71. The standard InChI is InChI=1S/C17H19N3/c1-12-7-6-10-15-17(12)20(2)16(19-15)11-14(18)13-8-4-3-5-9-13/h3-10,14H,11,18H2,1-2H3. The zero-order valence-corrected chi connectivity index (χ0v) is 11.9. The van der Waals surface area contributed by atoms with Crippen LogP contribution in [-0.2, 0) is 13.5 Å². The van der Waals surface area contributed by atoms with E-state index in [1.807, 2.05) is 24.3 Å². The van der Waals surface area contributed by atoms with Crippen LogP contribution in [-0.4, -0.2) is 9.55 Å². The van der Waals surface area contributed by atoms with Gasteiger partial charge in [0.25, 0.3) is 0 Å². The van der Waals surface area contributed by atoms with Crippen molar-refractivity contribution in [1.29, 1.82) is 0 Å². The van der Waals surface area contributed by atoms with Crippen LogP contribution in [0.2, 0.25) is 0 Å². The molecule has 3 aromatic rings. The summed E-state index contributed by atoms with van der Waals surface area (Å²) in [4.78, 5) is 4.72. The third-order valence-electron chi connectivity index (χ3n) is 3.82. The summed E-state index contributed by atoms with van der Waals surface area (Å²) in [5.41, 5.74) is 10.9. The summed E-state index contributed by atoms with van der Waals surface area (Å²) < 4.78 is 2.16. The van der Waals surface area contributed by atoms with E-state index in [1.165, 1.54) is 11.1 Å². The molecule has 1 heterocycles. The molecule has 3 nitrogen and oxygen atoms in total. The molecule has 2 N–H and O–H groups in total. The lowest BCUT2D eigenvalue weighted by atomic mass is 10.0. The normalized spacial score (nSPS) is 12.8. The van der Waals surface area contributed by atoms with Crippen molar-refractivity contribution in [3.63, 3.8) is 0 Å². The second-order valence-electron chi connectivity index (χ2n) is 5.25. The summed E-state index contributed by atoms with van der Waals surface area (Å²) >= 11 is 0. The van der Waals surface area contributed by atoms with E-state index >= 15 is 0 Å². The van der Waals surface area contributed by atoms with Gasteiger partial charge in [-0.3, -0.25) is 0 Å². The minimum atomic E-state index is -0.0213. The highest BCUT2D eigenvalue weighted by atomic mass is 15.1. The topological polar surface area (TPSA) is 43.8 Å². The summed E-state index contributed by atoms with van der Waals surface area (Å²) in [6, 6.07) is 16.4. The summed E-state index contributed by atoms with van der Waals surface area (Å²) in [6.07, 6.45) is 0.745. The average molecular weight is 265 g/mol. The van der Waals surface area contributed by atoms with Gasteiger partial charge >= 0.3 is 0 Å². The van der Waals surface area contributed by atoms with Crippen LogP contribution in [0.3, 0.4) is 0 Å². The number of para-hydroxylation sites is 1. The van der Waals surface area contributed by atoms with Gasteiger partial charge in [-0.25, -0.2) is 4.98 Å². The van der Waals surface area contributed by atoms with E-state index in [1.54, 1.807) is 0 Å². The van der Waals surface area contributed by atoms with Crippen LogP contribution in [0.4, 0.5) is 0 Å². The fourth-order valence-electron chi connectivity index (χ4n) is 2.71. The zero-order valence-electron chi connectivity index (χ0n) is 11.9. The van der Waals surface area contributed by atoms with Crippen LogP contribution in [0.25, 0.3) is 11.0 Å². The maximum Gasteiger partial charge on any atom is 0.111 e. The van der Waals surface area contributed by atoms with Crippen molar-refractivity contribution in [3.05, 3.63) is 65.5 Å². The van der Waals surface area contributed by atoms with Crippen molar-refractivity contribution >= 4 is 11.0 Å². The summed E-state index contributed by atoms with van der Waals surface area (Å²) in [7, 11) is 2.06. The molecule has 20 heavy (non-hydrogen) atoms. The highest BCUT2D eigenvalue weighted by Crippen LogP contribution is 2.22. The van der Waals surface area contributed by atoms with Crippen molar-refractivity contribution in [1.82, 2.24) is 9.55 Å². The second-order valence-corrected chi connectivity index (χ2v) is 5.25. The van der Waals surface area contributed by atoms with Crippen molar-refractivity contribution < 1.29 is 0 Å². The van der Waals surface area contributed by atoms with Gasteiger partial charge in [-0.05, 0) is 24.1 Å². The lowest BCUT2D eigenvalue weighted by Gasteiger charge is -2.12. The summed E-state index contributed by atoms with van der Waals surface area (Å²) in [6.45, 7) is 2.12. The van der Waals surface area contributed by atoms with E-state index in [2.05, 4.69) is 42.8 Å². The molecule has 0 radical (unpaired) electrons. The van der Waals surface area contributed by atoms with Crippen LogP contribution in [0.15, 0.2) is 48.5 Å². The van der Waals surface area contributed by atoms with Crippen LogP contribution < -0.4 is 5.73 Å². The van der Waals surface area contributed by atoms with Gasteiger partial charge in [0.15, 0.2) is 0 Å². The first-order valence-electron chi connectivity index (χ1n) is 6.88. The monoisotopic (exact) mass is 265 g/mol. The number of benzene rings is 2. The quantitative estimate of drug-likeness (QED) is 0.790. The summed E-state index contributed by atoms with van der Waals surface area (Å²) in [5.74, 6) is 1.03. The molecule has 1 atom stereocenters. The largest absolute Gasteiger partial charge is 0.331 e. The highest BCUT2D eigenvalue weighted by Gasteiger charge is 2.13. The molecule has 3 heteroatoms. The van der Waals surface area contributed by atoms with Gasteiger partial charge in [0.2, 0.25) is 0 Å². The van der Waals surface area contributed by atoms with Crippen molar-refractivity contribution in [3.8, 4) is 0 Å². The van der Waals surface area contributed by atoms with E-state index in [9.17, 15) is 0 Å². The lowest BCUT2D eigenvalue weighted by molar-refractivity contribution is 0.665. The lowest BCUT2D eigenvalue weighted by Crippen LogP contribution is -2.15. The molecular formula is C17H19N3. The predicted molar refractivity (Wildman–Crippen MR) is 82.5 cm³/mol. The first-order valence-corrected chi connectivity index (χ1v) is 6.88. The highest BCUT2D eigenvalue weighted by molar-refractivity contribution is 5.79. The number of rotatable bonds is 3. The smallest absolute Gasteiger partial charge is 0.111 e. The van der Waals surface area contributed by atoms with Gasteiger partial charge in [0, 0.05) is 19.5 Å². The van der Waals surface area contributed by atoms with E-state index in [0.717, 1.165) is 23.3 Å². The van der Waals surface area contributed by atoms with Gasteiger partial charge in [-0.1, -0.05) is 42.5 Å². The maximum absolute atomic E-state index is 6.30. The van der Waals surface area contributed by atoms with Gasteiger partial charge in [0.1, 0.15) is 5.82 Å². The number of imidazole rings is 1. The Hall–Kier alpha value is -2.13. The molecule has 1 aromatic heterocycles. The van der Waals surface area contributed by atoms with Gasteiger partial charge in [-0.15, -0.1) is 0 Å². The third kappa shape index (κ3) is 2.21. The van der Waals surface area contributed by atoms with Crippen LogP contribution in [0.5, 0.6) is 0 Å². The molecule has 2 aromatic carbocycles. The van der Waals surface area contributed by atoms with Crippen molar-refractivity contribution in [2.24, 2.45) is 12.8 Å². The number of fused-ring (bicyclic) bond motifs is 1. The minimum absolute atomic E-state index is 0.0213. The fraction of sp³-hybridized carbons (Fsp3) is 0.235. The molecule has 0 saturated heterocycles. The van der Waals surface area contributed by atoms with Crippen molar-refractivity contribution in [2.45, 2.75) is 19.4 Å². The Bertz CT molecular complexity index is 729. The molecule has 102 valence electrons. The number of aryl methyl sites for hydroxylation is 2. The van der Waals surface area contributed by atoms with Gasteiger partial charge in [-0.2, -0.15) is 0 Å². The minimum Gasteiger partial charge on any atom is -0.331 e. The van der Waals surface area contributed by atoms with Crippen molar-refractivity contribution in [2.75, 3.05) is 0 Å². The zero-order chi connectivity index (χ0) is 14.1. The molecule has 0 bridgehead atoms. The molecular weight excluding hydrogens is 246 g/mol. The van der Waals surface area contributed by atoms with Gasteiger partial charge in [0.05, 0.1) is 11.0 Å². The molecule has 3 rings (SSSR count). The van der Waals surface area contributed by atoms with E-state index in [0.29, 0.717) is 0 Å². The van der Waals surface area contributed by atoms with Gasteiger partial charge < -0.3 is 10.3 Å². The number of nitrogens with zero attached hydrogens (tertiary/aromatic N) is 2. The maximum atomic E-state index is 6.30. The van der Waals surface area contributed by atoms with E-state index < -0.39 is 0 Å². The number of hydrogen-bond donors (Lipinski definition) is 1. The van der Waals surface area contributed by atoms with Crippen LogP contribution in [0, 0.1) is 6.92 Å². The van der Waals surface area contributed by atoms with E-state index in [4.69, 9.17) is 10.7 Å². The number of nitrogens with two attached hydrogens (primary N) is 1. The molecule has 1 unspecified atom stereocenters. The Morgan fingerprint density at radius 3 is 2.55 bits per heavy atom. The predicted octanol–water partition coefficient (Wildman–Crippen LogP) is 3.12. The summed E-state index contributed by atoms with van der Waals surface area (Å²) in [5, 5.41) is 0.